The van der Waals surface area contributed by atoms with Crippen LogP contribution in [0.4, 0.5) is 0 Å². The number of likely N-dealkylation sites (N-methyl/N-ethyl adjacent to an activating group) is 1. The Hall–Kier alpha value is -1.59. The lowest BCUT2D eigenvalue weighted by Crippen LogP contribution is -2.32. The number of nitrogens with zero attached hydrogens (tertiary/aromatic N) is 1. The first-order valence-electron chi connectivity index (χ1n) is 8.79. The smallest absolute Gasteiger partial charge is 0.172 e. The van der Waals surface area contributed by atoms with Gasteiger partial charge in [0.25, 0.3) is 0 Å². The molecule has 0 radical (unpaired) electrons. The van der Waals surface area contributed by atoms with Crippen LogP contribution in [-0.4, -0.2) is 30.8 Å². The third kappa shape index (κ3) is 3.15. The minimum atomic E-state index is -0.270. The van der Waals surface area contributed by atoms with Crippen LogP contribution in [0.3, 0.4) is 0 Å². The van der Waals surface area contributed by atoms with Crippen LogP contribution in [0.1, 0.15) is 37.2 Å². The van der Waals surface area contributed by atoms with Crippen molar-refractivity contribution < 1.29 is 14.2 Å². The molecule has 2 aromatic rings. The predicted molar refractivity (Wildman–Crippen MR) is 97.2 cm³/mol. The average molecular weight is 360 g/mol. The Bertz CT molecular complexity index is 762. The molecular formula is C20H22ClNO3. The first-order valence-corrected chi connectivity index (χ1v) is 9.17. The number of rotatable bonds is 4. The largest absolute Gasteiger partial charge is 0.457 e. The predicted octanol–water partition coefficient (Wildman–Crippen LogP) is 4.94. The molecule has 0 amide bonds. The zero-order valence-corrected chi connectivity index (χ0v) is 15.2. The van der Waals surface area contributed by atoms with Crippen LogP contribution < -0.4 is 4.74 Å². The van der Waals surface area contributed by atoms with Crippen molar-refractivity contribution in [1.82, 2.24) is 4.90 Å². The summed E-state index contributed by atoms with van der Waals surface area (Å²) in [4.78, 5) is 2.30. The molecule has 2 aliphatic rings. The molecule has 2 heterocycles. The summed E-state index contributed by atoms with van der Waals surface area (Å²) in [6.07, 6.45) is -0.692. The lowest BCUT2D eigenvalue weighted by Gasteiger charge is -2.22. The van der Waals surface area contributed by atoms with Gasteiger partial charge in [-0.05, 0) is 37.4 Å². The maximum absolute atomic E-state index is 6.32. The van der Waals surface area contributed by atoms with E-state index in [2.05, 4.69) is 18.7 Å². The standard InChI is InChI=1S/C20H22ClNO3/c1-3-22(4-2)12-18-24-19-14-7-5-6-8-16(14)23-17-10-9-13(21)11-15(17)20(19)25-18/h5-11,18-20H,3-4,12H2,1-2H3. The SMILES string of the molecule is CCN(CC)CC1OC2c3ccccc3Oc3ccc(Cl)cc3C2O1. The molecule has 3 unspecified atom stereocenters. The number of ether oxygens (including phenoxy) is 3. The Morgan fingerprint density at radius 2 is 1.60 bits per heavy atom. The normalized spacial score (nSPS) is 24.2. The number of hydrogen-bond donors (Lipinski definition) is 0. The van der Waals surface area contributed by atoms with Crippen LogP contribution in [0.2, 0.25) is 5.02 Å². The van der Waals surface area contributed by atoms with Crippen molar-refractivity contribution in [3.05, 3.63) is 58.6 Å². The number of para-hydroxylation sites is 1. The van der Waals surface area contributed by atoms with Gasteiger partial charge in [0.2, 0.25) is 0 Å². The average Bonchev–Trinajstić information content (AvgIpc) is 3.00. The molecule has 1 fully saturated rings. The van der Waals surface area contributed by atoms with Gasteiger partial charge in [0.1, 0.15) is 23.7 Å². The summed E-state index contributed by atoms with van der Waals surface area (Å²) < 4.78 is 18.8. The third-order valence-electron chi connectivity index (χ3n) is 4.90. The van der Waals surface area contributed by atoms with Crippen molar-refractivity contribution in [2.45, 2.75) is 32.3 Å². The fourth-order valence-corrected chi connectivity index (χ4v) is 3.70. The molecule has 0 saturated carbocycles. The van der Waals surface area contributed by atoms with Crippen LogP contribution in [0.5, 0.6) is 11.5 Å². The van der Waals surface area contributed by atoms with Crippen LogP contribution >= 0.6 is 11.6 Å². The van der Waals surface area contributed by atoms with E-state index in [1.165, 1.54) is 0 Å². The minimum Gasteiger partial charge on any atom is -0.457 e. The number of benzene rings is 2. The highest BCUT2D eigenvalue weighted by molar-refractivity contribution is 6.30. The van der Waals surface area contributed by atoms with Crippen LogP contribution in [0, 0.1) is 0 Å². The molecule has 1 saturated heterocycles. The molecule has 25 heavy (non-hydrogen) atoms. The highest BCUT2D eigenvalue weighted by Gasteiger charge is 2.43. The maximum atomic E-state index is 6.32. The summed E-state index contributed by atoms with van der Waals surface area (Å²) >= 11 is 6.24. The van der Waals surface area contributed by atoms with E-state index in [1.807, 2.05) is 42.5 Å². The fraction of sp³-hybridized carbons (Fsp3) is 0.400. The van der Waals surface area contributed by atoms with Crippen molar-refractivity contribution >= 4 is 11.6 Å². The van der Waals surface area contributed by atoms with Crippen molar-refractivity contribution in [2.75, 3.05) is 19.6 Å². The van der Waals surface area contributed by atoms with Gasteiger partial charge >= 0.3 is 0 Å². The van der Waals surface area contributed by atoms with E-state index in [1.54, 1.807) is 0 Å². The van der Waals surface area contributed by atoms with Crippen molar-refractivity contribution in [2.24, 2.45) is 0 Å². The Morgan fingerprint density at radius 1 is 0.920 bits per heavy atom. The van der Waals surface area contributed by atoms with E-state index in [4.69, 9.17) is 25.8 Å². The topological polar surface area (TPSA) is 30.9 Å². The highest BCUT2D eigenvalue weighted by Crippen LogP contribution is 2.51. The monoisotopic (exact) mass is 359 g/mol. The molecule has 132 valence electrons. The minimum absolute atomic E-state index is 0.198. The van der Waals surface area contributed by atoms with Crippen molar-refractivity contribution in [1.29, 1.82) is 0 Å². The van der Waals surface area contributed by atoms with Gasteiger partial charge in [0, 0.05) is 22.7 Å². The molecule has 0 N–H and O–H groups in total. The second kappa shape index (κ2) is 6.96. The number of halogens is 1. The van der Waals surface area contributed by atoms with Gasteiger partial charge in [0.15, 0.2) is 6.29 Å². The van der Waals surface area contributed by atoms with Crippen molar-refractivity contribution in [3.63, 3.8) is 0 Å². The van der Waals surface area contributed by atoms with Crippen LogP contribution in [0.15, 0.2) is 42.5 Å². The summed E-state index contributed by atoms with van der Waals surface area (Å²) in [5, 5.41) is 0.669. The molecule has 0 aliphatic carbocycles. The Kier molecular flexibility index (Phi) is 4.69. The number of fused-ring (bicyclic) bond motifs is 5. The first-order chi connectivity index (χ1) is 12.2. The summed E-state index contributed by atoms with van der Waals surface area (Å²) in [6.45, 7) is 6.98. The lowest BCUT2D eigenvalue weighted by atomic mass is 9.98. The van der Waals surface area contributed by atoms with E-state index < -0.39 is 0 Å². The fourth-order valence-electron chi connectivity index (χ4n) is 3.51. The van der Waals surface area contributed by atoms with Crippen molar-refractivity contribution in [3.8, 4) is 11.5 Å². The molecule has 5 heteroatoms. The second-order valence-corrected chi connectivity index (χ2v) is 6.79. The molecule has 3 atom stereocenters. The van der Waals surface area contributed by atoms with Gasteiger partial charge in [-0.1, -0.05) is 43.6 Å². The molecule has 2 aromatic carbocycles. The van der Waals surface area contributed by atoms with Gasteiger partial charge in [-0.2, -0.15) is 0 Å². The second-order valence-electron chi connectivity index (χ2n) is 6.35. The Labute approximate surface area is 153 Å². The van der Waals surface area contributed by atoms with E-state index >= 15 is 0 Å². The van der Waals surface area contributed by atoms with E-state index in [0.29, 0.717) is 5.02 Å². The lowest BCUT2D eigenvalue weighted by molar-refractivity contribution is -0.0834. The molecule has 0 spiro atoms. The number of hydrogen-bond acceptors (Lipinski definition) is 4. The summed E-state index contributed by atoms with van der Waals surface area (Å²) in [7, 11) is 0. The molecular weight excluding hydrogens is 338 g/mol. The maximum Gasteiger partial charge on any atom is 0.172 e. The Balaban J connectivity index is 1.72. The third-order valence-corrected chi connectivity index (χ3v) is 5.13. The van der Waals surface area contributed by atoms with Crippen LogP contribution in [0.25, 0.3) is 0 Å². The summed E-state index contributed by atoms with van der Waals surface area (Å²) in [5.41, 5.74) is 1.96. The Morgan fingerprint density at radius 3 is 2.36 bits per heavy atom. The van der Waals surface area contributed by atoms with E-state index in [-0.39, 0.29) is 18.5 Å². The summed E-state index contributed by atoms with van der Waals surface area (Å²) in [6, 6.07) is 13.6. The molecule has 4 rings (SSSR count). The zero-order valence-electron chi connectivity index (χ0n) is 14.4. The highest BCUT2D eigenvalue weighted by atomic mass is 35.5. The summed E-state index contributed by atoms with van der Waals surface area (Å²) in [5.74, 6) is 1.59. The van der Waals surface area contributed by atoms with Gasteiger partial charge in [0.05, 0.1) is 0 Å². The zero-order chi connectivity index (χ0) is 17.4. The quantitative estimate of drug-likeness (QED) is 0.773. The van der Waals surface area contributed by atoms with E-state index in [0.717, 1.165) is 42.3 Å². The van der Waals surface area contributed by atoms with Crippen LogP contribution in [-0.2, 0) is 9.47 Å². The van der Waals surface area contributed by atoms with E-state index in [9.17, 15) is 0 Å². The first kappa shape index (κ1) is 16.9. The molecule has 0 bridgehead atoms. The molecule has 4 nitrogen and oxygen atoms in total. The van der Waals surface area contributed by atoms with Gasteiger partial charge in [-0.25, -0.2) is 0 Å². The van der Waals surface area contributed by atoms with Gasteiger partial charge < -0.3 is 14.2 Å². The van der Waals surface area contributed by atoms with Gasteiger partial charge in [-0.3, -0.25) is 4.90 Å². The molecule has 2 aliphatic heterocycles. The van der Waals surface area contributed by atoms with Gasteiger partial charge in [-0.15, -0.1) is 0 Å². The molecule has 0 aromatic heterocycles.